The van der Waals surface area contributed by atoms with Gasteiger partial charge in [-0.3, -0.25) is 0 Å². The van der Waals surface area contributed by atoms with Crippen LogP contribution in [0.4, 0.5) is 0 Å². The standard InChI is InChI=1S/C12H16BrNO/c1-9-8-11(4-5-12(9)13)15-7-6-14-10-2-3-10/h4-5,8,10,14H,2-3,6-7H2,1H3. The average Bonchev–Trinajstić information content (AvgIpc) is 3.02. The van der Waals surface area contributed by atoms with Crippen LogP contribution in [0.2, 0.25) is 0 Å². The number of halogens is 1. The molecular formula is C12H16BrNO. The molecule has 0 saturated heterocycles. The van der Waals surface area contributed by atoms with Gasteiger partial charge in [-0.05, 0) is 43.5 Å². The zero-order valence-electron chi connectivity index (χ0n) is 8.92. The molecule has 0 spiro atoms. The normalized spacial score (nSPS) is 15.3. The van der Waals surface area contributed by atoms with Crippen LogP contribution in [0.3, 0.4) is 0 Å². The Labute approximate surface area is 99.1 Å². The van der Waals surface area contributed by atoms with Crippen molar-refractivity contribution in [1.82, 2.24) is 5.32 Å². The minimum atomic E-state index is 0.748. The highest BCUT2D eigenvalue weighted by Gasteiger charge is 2.19. The van der Waals surface area contributed by atoms with Gasteiger partial charge in [0.25, 0.3) is 0 Å². The fourth-order valence-corrected chi connectivity index (χ4v) is 1.67. The first-order chi connectivity index (χ1) is 7.25. The Kier molecular flexibility index (Phi) is 3.65. The van der Waals surface area contributed by atoms with Gasteiger partial charge in [-0.25, -0.2) is 0 Å². The van der Waals surface area contributed by atoms with Gasteiger partial charge in [-0.15, -0.1) is 0 Å². The molecule has 15 heavy (non-hydrogen) atoms. The number of aryl methyl sites for hydroxylation is 1. The lowest BCUT2D eigenvalue weighted by atomic mass is 10.2. The van der Waals surface area contributed by atoms with E-state index in [0.717, 1.165) is 29.4 Å². The van der Waals surface area contributed by atoms with Gasteiger partial charge in [-0.2, -0.15) is 0 Å². The van der Waals surface area contributed by atoms with Crippen LogP contribution in [0.5, 0.6) is 5.75 Å². The predicted molar refractivity (Wildman–Crippen MR) is 65.4 cm³/mol. The molecule has 2 nitrogen and oxygen atoms in total. The van der Waals surface area contributed by atoms with Crippen molar-refractivity contribution in [3.63, 3.8) is 0 Å². The second kappa shape index (κ2) is 4.99. The summed E-state index contributed by atoms with van der Waals surface area (Å²) in [6.45, 7) is 3.76. The Morgan fingerprint density at radius 1 is 1.47 bits per heavy atom. The number of ether oxygens (including phenoxy) is 1. The SMILES string of the molecule is Cc1cc(OCCNC2CC2)ccc1Br. The van der Waals surface area contributed by atoms with Crippen LogP contribution in [0, 0.1) is 6.92 Å². The topological polar surface area (TPSA) is 21.3 Å². The third-order valence-corrected chi connectivity index (χ3v) is 3.40. The van der Waals surface area contributed by atoms with Crippen LogP contribution in [0.1, 0.15) is 18.4 Å². The summed E-state index contributed by atoms with van der Waals surface area (Å²) in [6, 6.07) is 6.84. The van der Waals surface area contributed by atoms with Gasteiger partial charge >= 0.3 is 0 Å². The van der Waals surface area contributed by atoms with Crippen molar-refractivity contribution in [3.8, 4) is 5.75 Å². The van der Waals surface area contributed by atoms with E-state index in [0.29, 0.717) is 0 Å². The molecule has 1 aliphatic carbocycles. The van der Waals surface area contributed by atoms with E-state index in [1.807, 2.05) is 12.1 Å². The molecule has 82 valence electrons. The lowest BCUT2D eigenvalue weighted by Crippen LogP contribution is -2.22. The van der Waals surface area contributed by atoms with Gasteiger partial charge in [0.05, 0.1) is 0 Å². The maximum absolute atomic E-state index is 5.64. The predicted octanol–water partition coefficient (Wildman–Crippen LogP) is 2.89. The zero-order valence-corrected chi connectivity index (χ0v) is 10.5. The third kappa shape index (κ3) is 3.50. The van der Waals surface area contributed by atoms with Gasteiger partial charge in [0.15, 0.2) is 0 Å². The van der Waals surface area contributed by atoms with Gasteiger partial charge < -0.3 is 10.1 Å². The van der Waals surface area contributed by atoms with Crippen LogP contribution in [-0.4, -0.2) is 19.2 Å². The summed E-state index contributed by atoms with van der Waals surface area (Å²) in [4.78, 5) is 0. The van der Waals surface area contributed by atoms with Crippen LogP contribution in [-0.2, 0) is 0 Å². The maximum Gasteiger partial charge on any atom is 0.119 e. The first-order valence-electron chi connectivity index (χ1n) is 5.38. The molecule has 0 aliphatic heterocycles. The molecule has 3 heteroatoms. The van der Waals surface area contributed by atoms with E-state index in [-0.39, 0.29) is 0 Å². The van der Waals surface area contributed by atoms with Crippen molar-refractivity contribution < 1.29 is 4.74 Å². The summed E-state index contributed by atoms with van der Waals surface area (Å²) in [6.07, 6.45) is 2.66. The molecule has 0 aromatic heterocycles. The second-order valence-electron chi connectivity index (χ2n) is 3.99. The van der Waals surface area contributed by atoms with Gasteiger partial charge in [0.1, 0.15) is 12.4 Å². The van der Waals surface area contributed by atoms with Gasteiger partial charge in [0, 0.05) is 17.1 Å². The molecule has 1 saturated carbocycles. The van der Waals surface area contributed by atoms with Crippen molar-refractivity contribution in [1.29, 1.82) is 0 Å². The van der Waals surface area contributed by atoms with E-state index in [4.69, 9.17) is 4.74 Å². The molecule has 0 heterocycles. The number of hydrogen-bond acceptors (Lipinski definition) is 2. The van der Waals surface area contributed by atoms with E-state index in [9.17, 15) is 0 Å². The Bertz CT molecular complexity index is 336. The molecule has 0 radical (unpaired) electrons. The van der Waals surface area contributed by atoms with Crippen LogP contribution >= 0.6 is 15.9 Å². The summed E-state index contributed by atoms with van der Waals surface area (Å²) >= 11 is 3.47. The summed E-state index contributed by atoms with van der Waals surface area (Å²) in [7, 11) is 0. The first kappa shape index (κ1) is 11.0. The van der Waals surface area contributed by atoms with E-state index in [2.05, 4.69) is 34.2 Å². The maximum atomic E-state index is 5.64. The highest BCUT2D eigenvalue weighted by Crippen LogP contribution is 2.21. The summed E-state index contributed by atoms with van der Waals surface area (Å²) < 4.78 is 6.77. The second-order valence-corrected chi connectivity index (χ2v) is 4.84. The summed E-state index contributed by atoms with van der Waals surface area (Å²) in [5.41, 5.74) is 1.21. The lowest BCUT2D eigenvalue weighted by Gasteiger charge is -2.08. The molecule has 1 aromatic carbocycles. The van der Waals surface area contributed by atoms with Crippen molar-refractivity contribution in [2.24, 2.45) is 0 Å². The smallest absolute Gasteiger partial charge is 0.119 e. The molecule has 1 N–H and O–H groups in total. The summed E-state index contributed by atoms with van der Waals surface area (Å²) in [5, 5.41) is 3.42. The highest BCUT2D eigenvalue weighted by molar-refractivity contribution is 9.10. The van der Waals surface area contributed by atoms with Crippen molar-refractivity contribution >= 4 is 15.9 Å². The Morgan fingerprint density at radius 3 is 2.93 bits per heavy atom. The number of nitrogens with one attached hydrogen (secondary N) is 1. The zero-order chi connectivity index (χ0) is 10.7. The van der Waals surface area contributed by atoms with Crippen LogP contribution in [0.15, 0.2) is 22.7 Å². The van der Waals surface area contributed by atoms with Crippen molar-refractivity contribution in [2.75, 3.05) is 13.2 Å². The number of hydrogen-bond donors (Lipinski definition) is 1. The minimum absolute atomic E-state index is 0.748. The largest absolute Gasteiger partial charge is 0.492 e. The molecule has 0 atom stereocenters. The van der Waals surface area contributed by atoms with E-state index >= 15 is 0 Å². The fraction of sp³-hybridized carbons (Fsp3) is 0.500. The average molecular weight is 270 g/mol. The molecular weight excluding hydrogens is 254 g/mol. The summed E-state index contributed by atoms with van der Waals surface area (Å²) in [5.74, 6) is 0.952. The Morgan fingerprint density at radius 2 is 2.27 bits per heavy atom. The van der Waals surface area contributed by atoms with Crippen LogP contribution < -0.4 is 10.1 Å². The van der Waals surface area contributed by atoms with E-state index in [1.165, 1.54) is 18.4 Å². The molecule has 1 fully saturated rings. The number of benzene rings is 1. The third-order valence-electron chi connectivity index (χ3n) is 2.51. The highest BCUT2D eigenvalue weighted by atomic mass is 79.9. The fourth-order valence-electron chi connectivity index (χ4n) is 1.43. The molecule has 0 amide bonds. The Balaban J connectivity index is 1.74. The van der Waals surface area contributed by atoms with Gasteiger partial charge in [0.2, 0.25) is 0 Å². The first-order valence-corrected chi connectivity index (χ1v) is 6.17. The molecule has 1 aromatic rings. The lowest BCUT2D eigenvalue weighted by molar-refractivity contribution is 0.313. The molecule has 0 unspecified atom stereocenters. The van der Waals surface area contributed by atoms with E-state index < -0.39 is 0 Å². The van der Waals surface area contributed by atoms with E-state index in [1.54, 1.807) is 0 Å². The quantitative estimate of drug-likeness (QED) is 0.831. The van der Waals surface area contributed by atoms with Gasteiger partial charge in [-0.1, -0.05) is 15.9 Å². The molecule has 2 rings (SSSR count). The molecule has 0 bridgehead atoms. The molecule has 1 aliphatic rings. The number of rotatable bonds is 5. The van der Waals surface area contributed by atoms with Crippen molar-refractivity contribution in [2.45, 2.75) is 25.8 Å². The van der Waals surface area contributed by atoms with Crippen molar-refractivity contribution in [3.05, 3.63) is 28.2 Å². The minimum Gasteiger partial charge on any atom is -0.492 e. The monoisotopic (exact) mass is 269 g/mol. The van der Waals surface area contributed by atoms with Crippen LogP contribution in [0.25, 0.3) is 0 Å². The Hall–Kier alpha value is -0.540.